The summed E-state index contributed by atoms with van der Waals surface area (Å²) in [7, 11) is 6.23. The Morgan fingerprint density at radius 3 is 1.90 bits per heavy atom. The highest BCUT2D eigenvalue weighted by molar-refractivity contribution is 4.70. The summed E-state index contributed by atoms with van der Waals surface area (Å²) in [6, 6.07) is 0.620. The van der Waals surface area contributed by atoms with E-state index in [-0.39, 0.29) is 0 Å². The van der Waals surface area contributed by atoms with E-state index >= 15 is 0 Å². The third-order valence-electron chi connectivity index (χ3n) is 1.74. The molecule has 0 fully saturated rings. The zero-order valence-electron chi connectivity index (χ0n) is 7.81. The SMILES string of the molecule is CN[C@@H](CN(C)C)C(C)C. The van der Waals surface area contributed by atoms with Crippen molar-refractivity contribution >= 4 is 0 Å². The molecule has 0 aromatic carbocycles. The van der Waals surface area contributed by atoms with Gasteiger partial charge in [-0.15, -0.1) is 0 Å². The standard InChI is InChI=1S/C8H20N2/c1-7(2)8(9-3)6-10(4)5/h7-9H,6H2,1-5H3/t8-/m0/s1. The molecule has 0 spiro atoms. The van der Waals surface area contributed by atoms with Crippen LogP contribution in [0.25, 0.3) is 0 Å². The molecule has 1 atom stereocenters. The van der Waals surface area contributed by atoms with Gasteiger partial charge in [-0.05, 0) is 27.1 Å². The predicted octanol–water partition coefficient (Wildman–Crippen LogP) is 0.792. The first-order chi connectivity index (χ1) is 4.57. The molecule has 0 bridgehead atoms. The zero-order valence-corrected chi connectivity index (χ0v) is 7.81. The maximum Gasteiger partial charge on any atom is 0.0214 e. The van der Waals surface area contributed by atoms with Crippen LogP contribution in [0.3, 0.4) is 0 Å². The first-order valence-corrected chi connectivity index (χ1v) is 3.90. The second kappa shape index (κ2) is 4.69. The Morgan fingerprint density at radius 2 is 1.80 bits per heavy atom. The van der Waals surface area contributed by atoms with Crippen LogP contribution in [0.4, 0.5) is 0 Å². The molecule has 0 unspecified atom stereocenters. The van der Waals surface area contributed by atoms with Crippen LogP contribution in [-0.4, -0.2) is 38.6 Å². The molecule has 0 aliphatic rings. The van der Waals surface area contributed by atoms with E-state index in [0.717, 1.165) is 6.54 Å². The van der Waals surface area contributed by atoms with Crippen molar-refractivity contribution in [2.75, 3.05) is 27.7 Å². The van der Waals surface area contributed by atoms with Crippen LogP contribution in [0.15, 0.2) is 0 Å². The van der Waals surface area contributed by atoms with Gasteiger partial charge in [-0.2, -0.15) is 0 Å². The third kappa shape index (κ3) is 3.85. The van der Waals surface area contributed by atoms with E-state index in [1.54, 1.807) is 0 Å². The lowest BCUT2D eigenvalue weighted by molar-refractivity contribution is 0.301. The van der Waals surface area contributed by atoms with Crippen LogP contribution in [0.1, 0.15) is 13.8 Å². The molecule has 0 saturated carbocycles. The largest absolute Gasteiger partial charge is 0.315 e. The molecule has 0 aromatic rings. The number of nitrogens with one attached hydrogen (secondary N) is 1. The topological polar surface area (TPSA) is 15.3 Å². The molecule has 0 aromatic heterocycles. The Balaban J connectivity index is 3.60. The summed E-state index contributed by atoms with van der Waals surface area (Å²) >= 11 is 0. The van der Waals surface area contributed by atoms with Gasteiger partial charge in [-0.3, -0.25) is 0 Å². The molecule has 0 aliphatic heterocycles. The lowest BCUT2D eigenvalue weighted by atomic mass is 10.0. The average Bonchev–Trinajstić information content (AvgIpc) is 1.81. The molecular weight excluding hydrogens is 124 g/mol. The average molecular weight is 144 g/mol. The van der Waals surface area contributed by atoms with Gasteiger partial charge < -0.3 is 10.2 Å². The fraction of sp³-hybridized carbons (Fsp3) is 1.00. The summed E-state index contributed by atoms with van der Waals surface area (Å²) in [5, 5.41) is 3.29. The van der Waals surface area contributed by atoms with Crippen molar-refractivity contribution in [1.29, 1.82) is 0 Å². The third-order valence-corrected chi connectivity index (χ3v) is 1.74. The van der Waals surface area contributed by atoms with Crippen molar-refractivity contribution in [2.45, 2.75) is 19.9 Å². The number of rotatable bonds is 4. The minimum absolute atomic E-state index is 0.620. The predicted molar refractivity (Wildman–Crippen MR) is 46.2 cm³/mol. The van der Waals surface area contributed by atoms with E-state index in [1.165, 1.54) is 0 Å². The Kier molecular flexibility index (Phi) is 4.65. The lowest BCUT2D eigenvalue weighted by Gasteiger charge is -2.23. The number of hydrogen-bond donors (Lipinski definition) is 1. The van der Waals surface area contributed by atoms with Gasteiger partial charge in [0.05, 0.1) is 0 Å². The number of nitrogens with zero attached hydrogens (tertiary/aromatic N) is 1. The fourth-order valence-electron chi connectivity index (χ4n) is 1.03. The fourth-order valence-corrected chi connectivity index (χ4v) is 1.03. The van der Waals surface area contributed by atoms with Gasteiger partial charge in [0.15, 0.2) is 0 Å². The molecule has 2 heteroatoms. The molecule has 0 rings (SSSR count). The summed E-state index contributed by atoms with van der Waals surface area (Å²) in [4.78, 5) is 2.21. The molecule has 2 nitrogen and oxygen atoms in total. The van der Waals surface area contributed by atoms with E-state index in [1.807, 2.05) is 7.05 Å². The zero-order chi connectivity index (χ0) is 8.15. The molecular formula is C8H20N2. The van der Waals surface area contributed by atoms with E-state index in [9.17, 15) is 0 Å². The molecule has 0 heterocycles. The summed E-state index contributed by atoms with van der Waals surface area (Å²) in [6.07, 6.45) is 0. The lowest BCUT2D eigenvalue weighted by Crippen LogP contribution is -2.39. The van der Waals surface area contributed by atoms with Crippen molar-refractivity contribution in [1.82, 2.24) is 10.2 Å². The molecule has 62 valence electrons. The highest BCUT2D eigenvalue weighted by Gasteiger charge is 2.10. The van der Waals surface area contributed by atoms with Crippen LogP contribution in [0.5, 0.6) is 0 Å². The van der Waals surface area contributed by atoms with E-state index in [2.05, 4.69) is 38.2 Å². The van der Waals surface area contributed by atoms with Crippen LogP contribution in [0.2, 0.25) is 0 Å². The number of hydrogen-bond acceptors (Lipinski definition) is 2. The van der Waals surface area contributed by atoms with Crippen molar-refractivity contribution in [3.8, 4) is 0 Å². The van der Waals surface area contributed by atoms with Crippen molar-refractivity contribution < 1.29 is 0 Å². The van der Waals surface area contributed by atoms with Crippen molar-refractivity contribution in [2.24, 2.45) is 5.92 Å². The van der Waals surface area contributed by atoms with Crippen LogP contribution < -0.4 is 5.32 Å². The normalized spacial score (nSPS) is 14.7. The van der Waals surface area contributed by atoms with Gasteiger partial charge in [0.25, 0.3) is 0 Å². The Morgan fingerprint density at radius 1 is 1.30 bits per heavy atom. The molecule has 10 heavy (non-hydrogen) atoms. The maximum absolute atomic E-state index is 3.29. The smallest absolute Gasteiger partial charge is 0.0214 e. The first kappa shape index (κ1) is 9.92. The summed E-state index contributed by atoms with van der Waals surface area (Å²) in [6.45, 7) is 5.60. The van der Waals surface area contributed by atoms with E-state index in [4.69, 9.17) is 0 Å². The van der Waals surface area contributed by atoms with Crippen molar-refractivity contribution in [3.05, 3.63) is 0 Å². The Labute approximate surface area is 64.6 Å². The highest BCUT2D eigenvalue weighted by Crippen LogP contribution is 2.00. The molecule has 0 saturated heterocycles. The van der Waals surface area contributed by atoms with Gasteiger partial charge in [0.2, 0.25) is 0 Å². The summed E-state index contributed by atoms with van der Waals surface area (Å²) in [5.74, 6) is 0.715. The highest BCUT2D eigenvalue weighted by atomic mass is 15.1. The molecule has 0 radical (unpaired) electrons. The van der Waals surface area contributed by atoms with Gasteiger partial charge in [0.1, 0.15) is 0 Å². The van der Waals surface area contributed by atoms with Gasteiger partial charge in [-0.1, -0.05) is 13.8 Å². The Hall–Kier alpha value is -0.0800. The maximum atomic E-state index is 3.29. The summed E-state index contributed by atoms with van der Waals surface area (Å²) in [5.41, 5.74) is 0. The second-order valence-electron chi connectivity index (χ2n) is 3.40. The van der Waals surface area contributed by atoms with Crippen LogP contribution in [-0.2, 0) is 0 Å². The monoisotopic (exact) mass is 144 g/mol. The summed E-state index contributed by atoms with van der Waals surface area (Å²) < 4.78 is 0. The van der Waals surface area contributed by atoms with E-state index < -0.39 is 0 Å². The molecule has 0 aliphatic carbocycles. The second-order valence-corrected chi connectivity index (χ2v) is 3.40. The van der Waals surface area contributed by atoms with Gasteiger partial charge in [0, 0.05) is 12.6 Å². The van der Waals surface area contributed by atoms with Gasteiger partial charge in [-0.25, -0.2) is 0 Å². The van der Waals surface area contributed by atoms with Crippen LogP contribution >= 0.6 is 0 Å². The quantitative estimate of drug-likeness (QED) is 0.627. The Bertz CT molecular complexity index is 79.3. The number of likely N-dealkylation sites (N-methyl/N-ethyl adjacent to an activating group) is 2. The minimum atomic E-state index is 0.620. The van der Waals surface area contributed by atoms with Gasteiger partial charge >= 0.3 is 0 Å². The van der Waals surface area contributed by atoms with E-state index in [0.29, 0.717) is 12.0 Å². The first-order valence-electron chi connectivity index (χ1n) is 3.90. The van der Waals surface area contributed by atoms with Crippen LogP contribution in [0, 0.1) is 5.92 Å². The molecule has 0 amide bonds. The minimum Gasteiger partial charge on any atom is -0.315 e. The molecule has 1 N–H and O–H groups in total. The van der Waals surface area contributed by atoms with Crippen molar-refractivity contribution in [3.63, 3.8) is 0 Å².